The monoisotopic (exact) mass is 484 g/mol. The summed E-state index contributed by atoms with van der Waals surface area (Å²) in [5.41, 5.74) is 0.448. The molecule has 2 aromatic carbocycles. The lowest BCUT2D eigenvalue weighted by molar-refractivity contribution is -0.384. The van der Waals surface area contributed by atoms with Crippen LogP contribution in [0.3, 0.4) is 0 Å². The van der Waals surface area contributed by atoms with Gasteiger partial charge in [-0.15, -0.1) is 0 Å². The number of rotatable bonds is 5. The number of hydrogen-bond donors (Lipinski definition) is 1. The molecule has 0 unspecified atom stereocenters. The molecule has 4 rings (SSSR count). The van der Waals surface area contributed by atoms with Crippen LogP contribution in [0.25, 0.3) is 0 Å². The lowest BCUT2D eigenvalue weighted by atomic mass is 9.67. The van der Waals surface area contributed by atoms with Crippen molar-refractivity contribution in [2.24, 2.45) is 5.41 Å². The Labute approximate surface area is 201 Å². The number of anilines is 2. The molecule has 0 radical (unpaired) electrons. The molecule has 4 amide bonds. The SMILES string of the molecule is CCCN1c2ccc([N+](=O)[O-])cc2C[C@]2(C(=O)NC(=O)N(c3cc(Cl)ccc3C)C2=O)[C@@H]1CC. The molecule has 1 fully saturated rings. The third-order valence-electron chi connectivity index (χ3n) is 6.67. The van der Waals surface area contributed by atoms with Gasteiger partial charge >= 0.3 is 6.03 Å². The molecule has 1 spiro atoms. The number of halogens is 1. The molecule has 2 aliphatic rings. The van der Waals surface area contributed by atoms with Crippen molar-refractivity contribution in [2.45, 2.75) is 46.1 Å². The summed E-state index contributed by atoms with van der Waals surface area (Å²) in [6.45, 7) is 6.15. The van der Waals surface area contributed by atoms with E-state index in [2.05, 4.69) is 5.32 Å². The Balaban J connectivity index is 1.93. The van der Waals surface area contributed by atoms with Crippen LogP contribution < -0.4 is 15.1 Å². The minimum atomic E-state index is -1.64. The maximum Gasteiger partial charge on any atom is 0.335 e. The van der Waals surface area contributed by atoms with Gasteiger partial charge in [0.05, 0.1) is 16.7 Å². The van der Waals surface area contributed by atoms with Crippen LogP contribution in [0.15, 0.2) is 36.4 Å². The summed E-state index contributed by atoms with van der Waals surface area (Å²) in [4.78, 5) is 54.5. The van der Waals surface area contributed by atoms with Crippen LogP contribution in [0.1, 0.15) is 37.8 Å². The smallest absolute Gasteiger partial charge is 0.335 e. The first-order chi connectivity index (χ1) is 16.1. The fourth-order valence-electron chi connectivity index (χ4n) is 5.19. The number of imide groups is 2. The van der Waals surface area contributed by atoms with E-state index in [0.717, 1.165) is 17.0 Å². The van der Waals surface area contributed by atoms with E-state index in [-0.39, 0.29) is 12.1 Å². The molecule has 0 bridgehead atoms. The number of amides is 4. The molecule has 2 aliphatic heterocycles. The van der Waals surface area contributed by atoms with Crippen LogP contribution in [0, 0.1) is 22.5 Å². The number of nitrogens with zero attached hydrogens (tertiary/aromatic N) is 3. The molecule has 0 aromatic heterocycles. The molecule has 2 atom stereocenters. The molecule has 10 heteroatoms. The second-order valence-corrected chi connectivity index (χ2v) is 9.10. The average Bonchev–Trinajstić information content (AvgIpc) is 2.79. The molecule has 9 nitrogen and oxygen atoms in total. The standard InChI is InChI=1S/C24H25ClN4O5/c1-4-10-27-18-9-8-17(29(33)34)11-15(18)13-24(20(27)5-2)21(30)26-23(32)28(22(24)31)19-12-16(25)7-6-14(19)3/h6-9,11-12,20H,4-5,10,13H2,1-3H3,(H,26,30,32)/t20-,24+/m0/s1. The van der Waals surface area contributed by atoms with Crippen molar-refractivity contribution < 1.29 is 19.3 Å². The predicted molar refractivity (Wildman–Crippen MR) is 128 cm³/mol. The van der Waals surface area contributed by atoms with Crippen molar-refractivity contribution in [3.63, 3.8) is 0 Å². The van der Waals surface area contributed by atoms with Gasteiger partial charge < -0.3 is 4.90 Å². The first kappa shape index (κ1) is 23.7. The molecule has 2 heterocycles. The van der Waals surface area contributed by atoms with Crippen molar-refractivity contribution >= 4 is 46.5 Å². The minimum Gasteiger partial charge on any atom is -0.367 e. The maximum absolute atomic E-state index is 14.2. The minimum absolute atomic E-state index is 0.0587. The number of nitro benzene ring substituents is 1. The zero-order valence-corrected chi connectivity index (χ0v) is 19.9. The van der Waals surface area contributed by atoms with E-state index in [1.807, 2.05) is 18.7 Å². The van der Waals surface area contributed by atoms with Gasteiger partial charge in [-0.25, -0.2) is 9.69 Å². The van der Waals surface area contributed by atoms with E-state index in [1.54, 1.807) is 25.1 Å². The number of hydrogen-bond acceptors (Lipinski definition) is 6. The first-order valence-corrected chi connectivity index (χ1v) is 11.5. The fraction of sp³-hybridized carbons (Fsp3) is 0.375. The number of aryl methyl sites for hydroxylation is 1. The van der Waals surface area contributed by atoms with Crippen LogP contribution in [-0.4, -0.2) is 35.4 Å². The van der Waals surface area contributed by atoms with E-state index >= 15 is 0 Å². The number of carbonyl (C=O) groups is 3. The zero-order chi connectivity index (χ0) is 24.8. The van der Waals surface area contributed by atoms with Crippen LogP contribution in [0.4, 0.5) is 21.9 Å². The summed E-state index contributed by atoms with van der Waals surface area (Å²) >= 11 is 6.16. The van der Waals surface area contributed by atoms with Gasteiger partial charge in [-0.2, -0.15) is 0 Å². The Morgan fingerprint density at radius 2 is 1.88 bits per heavy atom. The van der Waals surface area contributed by atoms with Gasteiger partial charge in [-0.05, 0) is 49.1 Å². The molecule has 34 heavy (non-hydrogen) atoms. The highest BCUT2D eigenvalue weighted by molar-refractivity contribution is 6.33. The Bertz CT molecular complexity index is 1220. The second kappa shape index (κ2) is 8.72. The van der Waals surface area contributed by atoms with Crippen LogP contribution in [0.2, 0.25) is 5.02 Å². The molecule has 178 valence electrons. The van der Waals surface area contributed by atoms with Gasteiger partial charge in [-0.3, -0.25) is 25.0 Å². The van der Waals surface area contributed by atoms with Crippen LogP contribution in [-0.2, 0) is 16.0 Å². The van der Waals surface area contributed by atoms with Gasteiger partial charge in [0.15, 0.2) is 5.41 Å². The summed E-state index contributed by atoms with van der Waals surface area (Å²) in [6.07, 6.45) is 1.12. The Kier molecular flexibility index (Phi) is 6.07. The number of fused-ring (bicyclic) bond motifs is 1. The van der Waals surface area contributed by atoms with Gasteiger partial charge in [-0.1, -0.05) is 31.5 Å². The van der Waals surface area contributed by atoms with Gasteiger partial charge in [0.1, 0.15) is 0 Å². The van der Waals surface area contributed by atoms with E-state index in [9.17, 15) is 24.5 Å². The van der Waals surface area contributed by atoms with E-state index < -0.39 is 34.2 Å². The number of benzene rings is 2. The Morgan fingerprint density at radius 3 is 2.53 bits per heavy atom. The van der Waals surface area contributed by atoms with Gasteiger partial charge in [0.25, 0.3) is 11.6 Å². The van der Waals surface area contributed by atoms with Crippen LogP contribution >= 0.6 is 11.6 Å². The van der Waals surface area contributed by atoms with Gasteiger partial charge in [0, 0.05) is 35.8 Å². The van der Waals surface area contributed by atoms with Crippen molar-refractivity contribution in [1.29, 1.82) is 0 Å². The van der Waals surface area contributed by atoms with Crippen molar-refractivity contribution in [1.82, 2.24) is 5.32 Å². The fourth-order valence-corrected chi connectivity index (χ4v) is 5.36. The molecule has 2 aromatic rings. The quantitative estimate of drug-likeness (QED) is 0.383. The average molecular weight is 485 g/mol. The molecule has 1 saturated heterocycles. The second-order valence-electron chi connectivity index (χ2n) is 8.67. The van der Waals surface area contributed by atoms with E-state index in [4.69, 9.17) is 11.6 Å². The van der Waals surface area contributed by atoms with E-state index in [0.29, 0.717) is 34.8 Å². The van der Waals surface area contributed by atoms with Crippen molar-refractivity contribution in [2.75, 3.05) is 16.3 Å². The summed E-state index contributed by atoms with van der Waals surface area (Å²) in [5.74, 6) is -1.35. The highest BCUT2D eigenvalue weighted by Gasteiger charge is 2.62. The number of urea groups is 1. The highest BCUT2D eigenvalue weighted by atomic mass is 35.5. The Morgan fingerprint density at radius 1 is 1.15 bits per heavy atom. The number of barbiturate groups is 1. The lowest BCUT2D eigenvalue weighted by Crippen LogP contribution is -2.72. The Hall–Kier alpha value is -3.46. The lowest BCUT2D eigenvalue weighted by Gasteiger charge is -2.51. The summed E-state index contributed by atoms with van der Waals surface area (Å²) in [7, 11) is 0. The zero-order valence-electron chi connectivity index (χ0n) is 19.1. The predicted octanol–water partition coefficient (Wildman–Crippen LogP) is 4.38. The molecular formula is C24H25ClN4O5. The number of non-ortho nitro benzene ring substituents is 1. The number of carbonyl (C=O) groups excluding carboxylic acids is 3. The normalized spacial score (nSPS) is 22.1. The number of nitro groups is 1. The van der Waals surface area contributed by atoms with Gasteiger partial charge in [0.2, 0.25) is 5.91 Å². The van der Waals surface area contributed by atoms with Crippen molar-refractivity contribution in [3.05, 3.63) is 62.7 Å². The third-order valence-corrected chi connectivity index (χ3v) is 6.91. The van der Waals surface area contributed by atoms with Crippen LogP contribution in [0.5, 0.6) is 0 Å². The third kappa shape index (κ3) is 3.51. The molecule has 0 saturated carbocycles. The van der Waals surface area contributed by atoms with Crippen molar-refractivity contribution in [3.8, 4) is 0 Å². The molecule has 0 aliphatic carbocycles. The number of nitrogens with one attached hydrogen (secondary N) is 1. The maximum atomic E-state index is 14.2. The summed E-state index contributed by atoms with van der Waals surface area (Å²) < 4.78 is 0. The molecular weight excluding hydrogens is 460 g/mol. The first-order valence-electron chi connectivity index (χ1n) is 11.2. The molecule has 1 N–H and O–H groups in total. The topological polar surface area (TPSA) is 113 Å². The summed E-state index contributed by atoms with van der Waals surface area (Å²) in [6, 6.07) is 8.00. The highest BCUT2D eigenvalue weighted by Crippen LogP contribution is 2.47. The van der Waals surface area contributed by atoms with E-state index in [1.165, 1.54) is 18.2 Å². The summed E-state index contributed by atoms with van der Waals surface area (Å²) in [5, 5.41) is 14.2. The largest absolute Gasteiger partial charge is 0.367 e.